The first-order chi connectivity index (χ1) is 8.74. The number of benzene rings is 1. The van der Waals surface area contributed by atoms with E-state index in [0.717, 1.165) is 29.7 Å². The van der Waals surface area contributed by atoms with Gasteiger partial charge in [0.25, 0.3) is 0 Å². The molecule has 3 nitrogen and oxygen atoms in total. The number of nitrogens with one attached hydrogen (secondary N) is 1. The summed E-state index contributed by atoms with van der Waals surface area (Å²) in [5.41, 5.74) is 1.47. The highest BCUT2D eigenvalue weighted by Crippen LogP contribution is 2.34. The smallest absolute Gasteiger partial charge is 0.248 e. The average Bonchev–Trinajstić information content (AvgIpc) is 3.14. The van der Waals surface area contributed by atoms with Gasteiger partial charge in [-0.3, -0.25) is 4.79 Å². The Morgan fingerprint density at radius 1 is 1.33 bits per heavy atom. The van der Waals surface area contributed by atoms with E-state index >= 15 is 0 Å². The molecule has 0 aliphatic heterocycles. The Labute approximate surface area is 105 Å². The van der Waals surface area contributed by atoms with Crippen molar-refractivity contribution >= 4 is 10.9 Å². The Kier molecular flexibility index (Phi) is 2.82. The molecule has 1 aliphatic carbocycles. The third-order valence-electron chi connectivity index (χ3n) is 3.70. The summed E-state index contributed by atoms with van der Waals surface area (Å²) in [4.78, 5) is 14.3. The minimum atomic E-state index is -0.134. The van der Waals surface area contributed by atoms with Crippen molar-refractivity contribution in [1.29, 1.82) is 0 Å². The molecule has 1 aromatic heterocycles. The maximum atomic E-state index is 11.6. The van der Waals surface area contributed by atoms with Crippen LogP contribution in [0.4, 0.5) is 0 Å². The minimum Gasteiger partial charge on any atom is -0.506 e. The molecule has 0 atom stereocenters. The van der Waals surface area contributed by atoms with Crippen molar-refractivity contribution < 1.29 is 5.11 Å². The Bertz CT molecular complexity index is 626. The number of aromatic nitrogens is 1. The largest absolute Gasteiger partial charge is 0.506 e. The predicted molar refractivity (Wildman–Crippen MR) is 71.9 cm³/mol. The maximum absolute atomic E-state index is 11.6. The number of phenols is 1. The lowest BCUT2D eigenvalue weighted by molar-refractivity contribution is 0.480. The zero-order valence-corrected chi connectivity index (χ0v) is 10.3. The molecule has 1 fully saturated rings. The van der Waals surface area contributed by atoms with E-state index in [2.05, 4.69) is 4.98 Å². The normalized spacial score (nSPS) is 15.1. The molecular weight excluding hydrogens is 226 g/mol. The highest BCUT2D eigenvalue weighted by molar-refractivity contribution is 5.86. The number of H-pyrrole nitrogens is 1. The fourth-order valence-corrected chi connectivity index (χ4v) is 2.53. The number of aromatic amines is 1. The summed E-state index contributed by atoms with van der Waals surface area (Å²) in [6.07, 6.45) is 6.04. The van der Waals surface area contributed by atoms with Crippen LogP contribution in [0.1, 0.15) is 31.2 Å². The van der Waals surface area contributed by atoms with Gasteiger partial charge in [-0.2, -0.15) is 0 Å². The van der Waals surface area contributed by atoms with Crippen LogP contribution in [-0.2, 0) is 6.42 Å². The van der Waals surface area contributed by atoms with Crippen LogP contribution in [0.2, 0.25) is 0 Å². The van der Waals surface area contributed by atoms with Crippen molar-refractivity contribution in [3.05, 3.63) is 40.2 Å². The summed E-state index contributed by atoms with van der Waals surface area (Å²) in [5, 5.41) is 10.7. The highest BCUT2D eigenvalue weighted by atomic mass is 16.3. The van der Waals surface area contributed by atoms with Crippen LogP contribution >= 0.6 is 0 Å². The molecule has 0 radical (unpaired) electrons. The van der Waals surface area contributed by atoms with Crippen LogP contribution in [0, 0.1) is 5.92 Å². The van der Waals surface area contributed by atoms with Crippen molar-refractivity contribution in [3.63, 3.8) is 0 Å². The van der Waals surface area contributed by atoms with E-state index in [9.17, 15) is 9.90 Å². The first kappa shape index (κ1) is 11.3. The van der Waals surface area contributed by atoms with Crippen LogP contribution in [0.15, 0.2) is 29.1 Å². The highest BCUT2D eigenvalue weighted by Gasteiger charge is 2.20. The van der Waals surface area contributed by atoms with Gasteiger partial charge in [-0.05, 0) is 30.4 Å². The summed E-state index contributed by atoms with van der Waals surface area (Å²) in [7, 11) is 0. The second-order valence-corrected chi connectivity index (χ2v) is 5.19. The number of hydrogen-bond donors (Lipinski definition) is 2. The summed E-state index contributed by atoms with van der Waals surface area (Å²) >= 11 is 0. The number of fused-ring (bicyclic) bond motifs is 1. The zero-order valence-electron chi connectivity index (χ0n) is 10.3. The number of para-hydroxylation sites is 1. The second-order valence-electron chi connectivity index (χ2n) is 5.19. The standard InChI is InChI=1S/C15H17NO2/c17-13-6-2-5-12-11(4-1-3-10-7-8-10)9-14(18)16-15(12)13/h2,5-6,9-10,17H,1,3-4,7-8H2,(H,16,18). The Morgan fingerprint density at radius 3 is 2.94 bits per heavy atom. The Balaban J connectivity index is 1.93. The van der Waals surface area contributed by atoms with E-state index in [0.29, 0.717) is 5.52 Å². The molecule has 1 saturated carbocycles. The van der Waals surface area contributed by atoms with Crippen LogP contribution in [0.25, 0.3) is 10.9 Å². The van der Waals surface area contributed by atoms with Crippen molar-refractivity contribution in [2.75, 3.05) is 0 Å². The lowest BCUT2D eigenvalue weighted by atomic mass is 10.0. The molecule has 0 unspecified atom stereocenters. The summed E-state index contributed by atoms with van der Waals surface area (Å²) < 4.78 is 0. The fraction of sp³-hybridized carbons (Fsp3) is 0.400. The van der Waals surface area contributed by atoms with Gasteiger partial charge in [0.15, 0.2) is 0 Å². The molecule has 0 bridgehead atoms. The zero-order chi connectivity index (χ0) is 12.5. The van der Waals surface area contributed by atoms with Gasteiger partial charge in [0.2, 0.25) is 5.56 Å². The van der Waals surface area contributed by atoms with Crippen LogP contribution < -0.4 is 5.56 Å². The summed E-state index contributed by atoms with van der Waals surface area (Å²) in [5.74, 6) is 1.07. The van der Waals surface area contributed by atoms with E-state index in [-0.39, 0.29) is 11.3 Å². The lowest BCUT2D eigenvalue weighted by Crippen LogP contribution is -2.06. The molecule has 2 N–H and O–H groups in total. The Morgan fingerprint density at radius 2 is 2.17 bits per heavy atom. The molecule has 0 saturated heterocycles. The van der Waals surface area contributed by atoms with E-state index < -0.39 is 0 Å². The number of aromatic hydroxyl groups is 1. The SMILES string of the molecule is O=c1cc(CCCC2CC2)c2cccc(O)c2[nH]1. The minimum absolute atomic E-state index is 0.134. The Hall–Kier alpha value is -1.77. The van der Waals surface area contributed by atoms with Gasteiger partial charge in [0.05, 0.1) is 5.52 Å². The summed E-state index contributed by atoms with van der Waals surface area (Å²) in [6, 6.07) is 7.04. The quantitative estimate of drug-likeness (QED) is 0.867. The molecule has 3 rings (SSSR count). The van der Waals surface area contributed by atoms with E-state index in [1.54, 1.807) is 12.1 Å². The lowest BCUT2D eigenvalue weighted by Gasteiger charge is -2.07. The monoisotopic (exact) mass is 243 g/mol. The third kappa shape index (κ3) is 2.26. The van der Waals surface area contributed by atoms with E-state index in [4.69, 9.17) is 0 Å². The molecule has 18 heavy (non-hydrogen) atoms. The van der Waals surface area contributed by atoms with E-state index in [1.807, 2.05) is 12.1 Å². The maximum Gasteiger partial charge on any atom is 0.248 e. The molecular formula is C15H17NO2. The van der Waals surface area contributed by atoms with Crippen molar-refractivity contribution in [2.24, 2.45) is 5.92 Å². The molecule has 0 spiro atoms. The predicted octanol–water partition coefficient (Wildman–Crippen LogP) is 2.97. The van der Waals surface area contributed by atoms with Crippen LogP contribution in [0.5, 0.6) is 5.75 Å². The second kappa shape index (κ2) is 4.48. The molecule has 3 heteroatoms. The topological polar surface area (TPSA) is 53.1 Å². The molecule has 1 aliphatic rings. The van der Waals surface area contributed by atoms with Crippen LogP contribution in [-0.4, -0.2) is 10.1 Å². The number of rotatable bonds is 4. The number of phenolic OH excluding ortho intramolecular Hbond substituents is 1. The van der Waals surface area contributed by atoms with E-state index in [1.165, 1.54) is 19.3 Å². The molecule has 2 aromatic rings. The molecule has 0 amide bonds. The van der Waals surface area contributed by atoms with Crippen LogP contribution in [0.3, 0.4) is 0 Å². The molecule has 1 aromatic carbocycles. The van der Waals surface area contributed by atoms with Gasteiger partial charge in [-0.15, -0.1) is 0 Å². The van der Waals surface area contributed by atoms with Crippen molar-refractivity contribution in [2.45, 2.75) is 32.1 Å². The van der Waals surface area contributed by atoms with Gasteiger partial charge < -0.3 is 10.1 Å². The van der Waals surface area contributed by atoms with Gasteiger partial charge in [0, 0.05) is 11.5 Å². The first-order valence-corrected chi connectivity index (χ1v) is 6.58. The first-order valence-electron chi connectivity index (χ1n) is 6.58. The summed E-state index contributed by atoms with van der Waals surface area (Å²) in [6.45, 7) is 0. The number of pyridine rings is 1. The van der Waals surface area contributed by atoms with Gasteiger partial charge in [-0.1, -0.05) is 31.4 Å². The average molecular weight is 243 g/mol. The molecule has 94 valence electrons. The third-order valence-corrected chi connectivity index (χ3v) is 3.70. The molecule has 1 heterocycles. The fourth-order valence-electron chi connectivity index (χ4n) is 2.53. The van der Waals surface area contributed by atoms with Crippen molar-refractivity contribution in [3.8, 4) is 5.75 Å². The number of hydrogen-bond acceptors (Lipinski definition) is 2. The van der Waals surface area contributed by atoms with Crippen molar-refractivity contribution in [1.82, 2.24) is 4.98 Å². The number of aryl methyl sites for hydroxylation is 1. The van der Waals surface area contributed by atoms with Gasteiger partial charge in [0.1, 0.15) is 5.75 Å². The van der Waals surface area contributed by atoms with Gasteiger partial charge in [-0.25, -0.2) is 0 Å². The van der Waals surface area contributed by atoms with Gasteiger partial charge >= 0.3 is 0 Å².